The molecule has 0 aromatic heterocycles. The number of rotatable bonds is 12. The van der Waals surface area contributed by atoms with Crippen LogP contribution in [-0.4, -0.2) is 49.4 Å². The second-order valence-electron chi connectivity index (χ2n) is 8.71. The number of unbranched alkanes of at least 4 members (excludes halogenated alkanes) is 2. The zero-order valence-corrected chi connectivity index (χ0v) is 20.5. The lowest BCUT2D eigenvalue weighted by molar-refractivity contribution is -0.116. The van der Waals surface area contributed by atoms with Crippen LogP contribution in [0.4, 0.5) is 5.69 Å². The van der Waals surface area contributed by atoms with Crippen LogP contribution in [0.3, 0.4) is 0 Å². The van der Waals surface area contributed by atoms with E-state index in [0.29, 0.717) is 47.6 Å². The molecule has 36 heavy (non-hydrogen) atoms. The van der Waals surface area contributed by atoms with E-state index in [4.69, 9.17) is 4.74 Å². The van der Waals surface area contributed by atoms with Crippen molar-refractivity contribution in [2.45, 2.75) is 25.7 Å². The number of hydrogen-bond acceptors (Lipinski definition) is 5. The van der Waals surface area contributed by atoms with Crippen LogP contribution < -0.4 is 15.4 Å². The van der Waals surface area contributed by atoms with Gasteiger partial charge < -0.3 is 15.4 Å². The number of carbonyl (C=O) groups excluding carboxylic acids is 3. The van der Waals surface area contributed by atoms with Crippen molar-refractivity contribution < 1.29 is 19.1 Å². The van der Waals surface area contributed by atoms with Gasteiger partial charge >= 0.3 is 0 Å². The van der Waals surface area contributed by atoms with Crippen molar-refractivity contribution in [2.24, 2.45) is 0 Å². The minimum Gasteiger partial charge on any atom is -0.495 e. The Morgan fingerprint density at radius 1 is 0.972 bits per heavy atom. The van der Waals surface area contributed by atoms with Crippen molar-refractivity contribution in [3.63, 3.8) is 0 Å². The predicted molar refractivity (Wildman–Crippen MR) is 142 cm³/mol. The first-order valence-electron chi connectivity index (χ1n) is 12.2. The fourth-order valence-corrected chi connectivity index (χ4v) is 4.60. The summed E-state index contributed by atoms with van der Waals surface area (Å²) >= 11 is 0. The van der Waals surface area contributed by atoms with Gasteiger partial charge in [-0.15, -0.1) is 0 Å². The van der Waals surface area contributed by atoms with Crippen LogP contribution in [0.2, 0.25) is 0 Å². The van der Waals surface area contributed by atoms with Gasteiger partial charge in [0.2, 0.25) is 5.91 Å². The fraction of sp³-hybridized carbons (Fsp3) is 0.276. The number of hydrogen-bond donors (Lipinski definition) is 2. The highest BCUT2D eigenvalue weighted by atomic mass is 16.5. The average Bonchev–Trinajstić information content (AvgIpc) is 2.91. The van der Waals surface area contributed by atoms with Crippen molar-refractivity contribution in [1.29, 1.82) is 0 Å². The Morgan fingerprint density at radius 2 is 1.75 bits per heavy atom. The third-order valence-electron chi connectivity index (χ3n) is 6.40. The number of benzene rings is 3. The zero-order chi connectivity index (χ0) is 25.5. The predicted octanol–water partition coefficient (Wildman–Crippen LogP) is 4.57. The molecule has 0 unspecified atom stereocenters. The maximum atomic E-state index is 13.4. The molecule has 0 saturated carbocycles. The molecule has 7 heteroatoms. The minimum absolute atomic E-state index is 0.253. The Bertz CT molecular complexity index is 1290. The van der Waals surface area contributed by atoms with E-state index in [1.807, 2.05) is 30.3 Å². The molecule has 186 valence electrons. The van der Waals surface area contributed by atoms with Gasteiger partial charge in [-0.05, 0) is 43.0 Å². The summed E-state index contributed by atoms with van der Waals surface area (Å²) in [6.07, 6.45) is 4.88. The molecule has 1 heterocycles. The number of amides is 3. The summed E-state index contributed by atoms with van der Waals surface area (Å²) in [5.41, 5.74) is 2.95. The Hall–Kier alpha value is -4.13. The number of methoxy groups -OCH3 is 1. The van der Waals surface area contributed by atoms with Gasteiger partial charge in [-0.25, -0.2) is 0 Å². The quantitative estimate of drug-likeness (QED) is 0.223. The van der Waals surface area contributed by atoms with Crippen LogP contribution in [0.15, 0.2) is 67.3 Å². The maximum Gasteiger partial charge on any atom is 0.261 e. The van der Waals surface area contributed by atoms with E-state index in [9.17, 15) is 14.4 Å². The molecule has 1 aliphatic heterocycles. The standard InChI is InChI=1S/C29H31N3O4/c1-3-25(33)30-16-17-31-27-21-14-10-15-22-26(21)23(19-24(27)36-2)29(35)32(28(22)34)18-9-5-8-13-20-11-6-4-7-12-20/h3-4,6-7,10-12,14-15,19,31H,1,5,8-9,13,16-18H2,2H3,(H,30,33). The number of imide groups is 1. The monoisotopic (exact) mass is 485 g/mol. The van der Waals surface area contributed by atoms with Gasteiger partial charge in [0.05, 0.1) is 18.4 Å². The fourth-order valence-electron chi connectivity index (χ4n) is 4.60. The lowest BCUT2D eigenvalue weighted by atomic mass is 9.92. The van der Waals surface area contributed by atoms with Crippen molar-refractivity contribution in [1.82, 2.24) is 10.2 Å². The van der Waals surface area contributed by atoms with E-state index in [1.165, 1.54) is 16.5 Å². The molecule has 2 N–H and O–H groups in total. The largest absolute Gasteiger partial charge is 0.495 e. The Morgan fingerprint density at radius 3 is 2.50 bits per heavy atom. The lowest BCUT2D eigenvalue weighted by Gasteiger charge is -2.28. The van der Waals surface area contributed by atoms with Crippen LogP contribution in [0.5, 0.6) is 5.75 Å². The highest BCUT2D eigenvalue weighted by molar-refractivity contribution is 6.27. The summed E-state index contributed by atoms with van der Waals surface area (Å²) in [7, 11) is 1.55. The maximum absolute atomic E-state index is 13.4. The molecular weight excluding hydrogens is 454 g/mol. The first-order chi connectivity index (χ1) is 17.5. The molecule has 0 atom stereocenters. The van der Waals surface area contributed by atoms with Crippen LogP contribution in [0, 0.1) is 0 Å². The first kappa shape index (κ1) is 25.0. The molecule has 7 nitrogen and oxygen atoms in total. The van der Waals surface area contributed by atoms with Crippen molar-refractivity contribution in [3.05, 3.63) is 83.9 Å². The Labute approximate surface area is 211 Å². The number of carbonyl (C=O) groups is 3. The van der Waals surface area contributed by atoms with Crippen molar-refractivity contribution in [3.8, 4) is 5.75 Å². The second kappa shape index (κ2) is 11.5. The molecule has 3 amide bonds. The van der Waals surface area contributed by atoms with Crippen LogP contribution >= 0.6 is 0 Å². The van der Waals surface area contributed by atoms with Gasteiger partial charge in [-0.1, -0.05) is 55.5 Å². The van der Waals surface area contributed by atoms with Crippen LogP contribution in [-0.2, 0) is 11.2 Å². The highest BCUT2D eigenvalue weighted by Gasteiger charge is 2.34. The van der Waals surface area contributed by atoms with Crippen molar-refractivity contribution in [2.75, 3.05) is 32.1 Å². The van der Waals surface area contributed by atoms with E-state index in [2.05, 4.69) is 29.3 Å². The van der Waals surface area contributed by atoms with E-state index in [-0.39, 0.29) is 17.7 Å². The second-order valence-corrected chi connectivity index (χ2v) is 8.71. The van der Waals surface area contributed by atoms with E-state index in [1.54, 1.807) is 19.2 Å². The molecule has 4 rings (SSSR count). The Balaban J connectivity index is 1.50. The third kappa shape index (κ3) is 5.25. The minimum atomic E-state index is -0.296. The molecule has 0 aliphatic carbocycles. The van der Waals surface area contributed by atoms with Gasteiger partial charge in [0.1, 0.15) is 5.75 Å². The molecular formula is C29H31N3O4. The van der Waals surface area contributed by atoms with E-state index >= 15 is 0 Å². The Kier molecular flexibility index (Phi) is 8.00. The zero-order valence-electron chi connectivity index (χ0n) is 20.5. The number of anilines is 1. The summed E-state index contributed by atoms with van der Waals surface area (Å²) in [6, 6.07) is 17.5. The van der Waals surface area contributed by atoms with Crippen LogP contribution in [0.1, 0.15) is 45.5 Å². The van der Waals surface area contributed by atoms with Gasteiger partial charge in [0.25, 0.3) is 11.8 Å². The molecule has 1 aliphatic rings. The molecule has 0 spiro atoms. The molecule has 0 bridgehead atoms. The SMILES string of the molecule is C=CC(=O)NCCNc1c(OC)cc2c3c(cccc13)C(=O)N(CCCCCc1ccccc1)C2=O. The van der Waals surface area contributed by atoms with Gasteiger partial charge in [0, 0.05) is 36.0 Å². The number of ether oxygens (including phenoxy) is 1. The summed E-state index contributed by atoms with van der Waals surface area (Å²) in [5, 5.41) is 7.37. The average molecular weight is 486 g/mol. The highest BCUT2D eigenvalue weighted by Crippen LogP contribution is 2.40. The van der Waals surface area contributed by atoms with Crippen molar-refractivity contribution >= 4 is 34.2 Å². The van der Waals surface area contributed by atoms with Gasteiger partial charge in [0.15, 0.2) is 0 Å². The molecule has 0 fully saturated rings. The summed E-state index contributed by atoms with van der Waals surface area (Å²) in [5.74, 6) is -0.308. The topological polar surface area (TPSA) is 87.7 Å². The summed E-state index contributed by atoms with van der Waals surface area (Å²) in [4.78, 5) is 39.5. The first-order valence-corrected chi connectivity index (χ1v) is 12.2. The lowest BCUT2D eigenvalue weighted by Crippen LogP contribution is -2.41. The molecule has 0 saturated heterocycles. The summed E-state index contributed by atoms with van der Waals surface area (Å²) in [6.45, 7) is 4.64. The third-order valence-corrected chi connectivity index (χ3v) is 6.40. The molecule has 3 aromatic rings. The smallest absolute Gasteiger partial charge is 0.261 e. The molecule has 3 aromatic carbocycles. The number of aryl methyl sites for hydroxylation is 1. The van der Waals surface area contributed by atoms with Crippen LogP contribution in [0.25, 0.3) is 10.8 Å². The van der Waals surface area contributed by atoms with Gasteiger partial charge in [-0.2, -0.15) is 0 Å². The van der Waals surface area contributed by atoms with Gasteiger partial charge in [-0.3, -0.25) is 19.3 Å². The van der Waals surface area contributed by atoms with E-state index < -0.39 is 0 Å². The number of nitrogens with one attached hydrogen (secondary N) is 2. The molecule has 0 radical (unpaired) electrons. The normalized spacial score (nSPS) is 12.5. The number of nitrogens with zero attached hydrogens (tertiary/aromatic N) is 1. The van der Waals surface area contributed by atoms with E-state index in [0.717, 1.165) is 31.1 Å². The summed E-state index contributed by atoms with van der Waals surface area (Å²) < 4.78 is 5.60.